The van der Waals surface area contributed by atoms with Gasteiger partial charge in [0.1, 0.15) is 5.82 Å². The van der Waals surface area contributed by atoms with Crippen LogP contribution in [0, 0.1) is 5.82 Å². The van der Waals surface area contributed by atoms with Crippen LogP contribution < -0.4 is 5.32 Å². The molecule has 0 fully saturated rings. The van der Waals surface area contributed by atoms with Crippen LogP contribution in [0.25, 0.3) is 5.69 Å². The quantitative estimate of drug-likeness (QED) is 0.796. The Morgan fingerprint density at radius 3 is 2.55 bits per heavy atom. The molecule has 0 unspecified atom stereocenters. The van der Waals surface area contributed by atoms with E-state index in [1.807, 2.05) is 0 Å². The van der Waals surface area contributed by atoms with E-state index in [1.165, 1.54) is 16.8 Å². The van der Waals surface area contributed by atoms with Gasteiger partial charge in [0.05, 0.1) is 16.4 Å². The number of hydrogen-bond acceptors (Lipinski definition) is 2. The normalized spacial score (nSPS) is 10.5. The number of carbonyl (C=O) groups excluding carboxylic acids is 1. The van der Waals surface area contributed by atoms with E-state index in [4.69, 9.17) is 11.6 Å². The zero-order valence-corrected chi connectivity index (χ0v) is 12.1. The molecule has 1 aromatic heterocycles. The number of benzene rings is 2. The number of amides is 1. The molecule has 0 aliphatic rings. The summed E-state index contributed by atoms with van der Waals surface area (Å²) in [7, 11) is 0. The number of anilines is 1. The van der Waals surface area contributed by atoms with Gasteiger partial charge in [0, 0.05) is 6.20 Å². The van der Waals surface area contributed by atoms with E-state index in [2.05, 4.69) is 10.4 Å². The monoisotopic (exact) mass is 315 g/mol. The zero-order valence-electron chi connectivity index (χ0n) is 11.3. The number of halogens is 2. The largest absolute Gasteiger partial charge is 0.319 e. The maximum absolute atomic E-state index is 12.9. The van der Waals surface area contributed by atoms with Crippen LogP contribution in [0.4, 0.5) is 10.1 Å². The summed E-state index contributed by atoms with van der Waals surface area (Å²) in [6.45, 7) is 0. The van der Waals surface area contributed by atoms with Gasteiger partial charge >= 0.3 is 0 Å². The first-order valence-electron chi connectivity index (χ1n) is 6.51. The highest BCUT2D eigenvalue weighted by molar-refractivity contribution is 6.33. The number of aromatic nitrogens is 2. The molecule has 0 saturated carbocycles. The average Bonchev–Trinajstić information content (AvgIpc) is 3.00. The Hall–Kier alpha value is -2.66. The van der Waals surface area contributed by atoms with Gasteiger partial charge in [-0.25, -0.2) is 9.07 Å². The van der Waals surface area contributed by atoms with E-state index >= 15 is 0 Å². The van der Waals surface area contributed by atoms with Gasteiger partial charge in [-0.2, -0.15) is 5.10 Å². The molecule has 1 amide bonds. The minimum atomic E-state index is -0.367. The van der Waals surface area contributed by atoms with Crippen molar-refractivity contribution in [3.63, 3.8) is 0 Å². The average molecular weight is 316 g/mol. The van der Waals surface area contributed by atoms with Crippen molar-refractivity contribution in [3.05, 3.63) is 77.3 Å². The summed E-state index contributed by atoms with van der Waals surface area (Å²) in [5, 5.41) is 7.32. The molecule has 0 aliphatic carbocycles. The molecular formula is C16H11ClFN3O. The molecule has 0 radical (unpaired) electrons. The molecule has 2 aromatic carbocycles. The topological polar surface area (TPSA) is 46.9 Å². The van der Waals surface area contributed by atoms with Crippen molar-refractivity contribution in [2.24, 2.45) is 0 Å². The SMILES string of the molecule is O=C(Nc1ccccc1Cl)c1ccn(-c2ccc(F)cc2)n1. The summed E-state index contributed by atoms with van der Waals surface area (Å²) < 4.78 is 14.4. The van der Waals surface area contributed by atoms with Gasteiger partial charge in [-0.3, -0.25) is 4.79 Å². The Bertz CT molecular complexity index is 814. The second-order valence-corrected chi connectivity index (χ2v) is 4.96. The zero-order chi connectivity index (χ0) is 15.5. The predicted octanol–water partition coefficient (Wildman–Crippen LogP) is 3.92. The van der Waals surface area contributed by atoms with Gasteiger partial charge in [-0.15, -0.1) is 0 Å². The van der Waals surface area contributed by atoms with Crippen LogP contribution in [-0.4, -0.2) is 15.7 Å². The van der Waals surface area contributed by atoms with Crippen LogP contribution in [0.15, 0.2) is 60.8 Å². The third-order valence-corrected chi connectivity index (χ3v) is 3.36. The molecule has 1 heterocycles. The van der Waals surface area contributed by atoms with Crippen molar-refractivity contribution < 1.29 is 9.18 Å². The Labute approximate surface area is 131 Å². The molecule has 0 atom stereocenters. The Morgan fingerprint density at radius 2 is 1.82 bits per heavy atom. The standard InChI is InChI=1S/C16H11ClFN3O/c17-13-3-1-2-4-14(13)19-16(22)15-9-10-21(20-15)12-7-5-11(18)6-8-12/h1-10H,(H,19,22). The van der Waals surface area contributed by atoms with E-state index in [0.717, 1.165) is 0 Å². The third kappa shape index (κ3) is 2.99. The lowest BCUT2D eigenvalue weighted by atomic mass is 10.3. The van der Waals surface area contributed by atoms with E-state index < -0.39 is 0 Å². The number of hydrogen-bond donors (Lipinski definition) is 1. The molecule has 0 bridgehead atoms. The van der Waals surface area contributed by atoms with E-state index in [1.54, 1.807) is 48.7 Å². The van der Waals surface area contributed by atoms with Crippen molar-refractivity contribution in [1.82, 2.24) is 9.78 Å². The molecule has 6 heteroatoms. The van der Waals surface area contributed by atoms with Gasteiger partial charge in [-0.1, -0.05) is 23.7 Å². The summed E-state index contributed by atoms with van der Waals surface area (Å²) in [6.07, 6.45) is 1.63. The second kappa shape index (κ2) is 5.99. The van der Waals surface area contributed by atoms with Crippen molar-refractivity contribution >= 4 is 23.2 Å². The van der Waals surface area contributed by atoms with E-state index in [-0.39, 0.29) is 17.4 Å². The Kier molecular flexibility index (Phi) is 3.89. The molecule has 22 heavy (non-hydrogen) atoms. The van der Waals surface area contributed by atoms with Crippen molar-refractivity contribution in [2.75, 3.05) is 5.32 Å². The van der Waals surface area contributed by atoms with Crippen LogP contribution >= 0.6 is 11.6 Å². The number of nitrogens with zero attached hydrogens (tertiary/aromatic N) is 2. The molecule has 1 N–H and O–H groups in total. The number of nitrogens with one attached hydrogen (secondary N) is 1. The fourth-order valence-corrected chi connectivity index (χ4v) is 2.11. The minimum Gasteiger partial charge on any atom is -0.319 e. The fraction of sp³-hybridized carbons (Fsp3) is 0. The second-order valence-electron chi connectivity index (χ2n) is 4.56. The molecule has 3 rings (SSSR count). The van der Waals surface area contributed by atoms with Crippen molar-refractivity contribution in [2.45, 2.75) is 0 Å². The van der Waals surface area contributed by atoms with E-state index in [0.29, 0.717) is 16.4 Å². The smallest absolute Gasteiger partial charge is 0.276 e. The summed E-state index contributed by atoms with van der Waals surface area (Å²) in [4.78, 5) is 12.2. The van der Waals surface area contributed by atoms with Gasteiger partial charge < -0.3 is 5.32 Å². The van der Waals surface area contributed by atoms with Gasteiger partial charge in [0.25, 0.3) is 5.91 Å². The molecule has 3 aromatic rings. The maximum atomic E-state index is 12.9. The summed E-state index contributed by atoms with van der Waals surface area (Å²) in [6, 6.07) is 14.4. The molecule has 0 aliphatic heterocycles. The fourth-order valence-electron chi connectivity index (χ4n) is 1.93. The molecule has 110 valence electrons. The third-order valence-electron chi connectivity index (χ3n) is 3.03. The van der Waals surface area contributed by atoms with Gasteiger partial charge in [0.15, 0.2) is 5.69 Å². The number of para-hydroxylation sites is 1. The Morgan fingerprint density at radius 1 is 1.09 bits per heavy atom. The molecular weight excluding hydrogens is 305 g/mol. The lowest BCUT2D eigenvalue weighted by Crippen LogP contribution is -2.13. The molecule has 4 nitrogen and oxygen atoms in total. The maximum Gasteiger partial charge on any atom is 0.276 e. The van der Waals surface area contributed by atoms with Crippen molar-refractivity contribution in [3.8, 4) is 5.69 Å². The minimum absolute atomic E-state index is 0.240. The predicted molar refractivity (Wildman–Crippen MR) is 82.9 cm³/mol. The highest BCUT2D eigenvalue weighted by Crippen LogP contribution is 2.21. The van der Waals surface area contributed by atoms with Crippen LogP contribution in [0.1, 0.15) is 10.5 Å². The molecule has 0 saturated heterocycles. The first-order valence-corrected chi connectivity index (χ1v) is 6.89. The summed E-state index contributed by atoms with van der Waals surface area (Å²) >= 11 is 6.00. The van der Waals surface area contributed by atoms with Crippen LogP contribution in [0.5, 0.6) is 0 Å². The van der Waals surface area contributed by atoms with Gasteiger partial charge in [-0.05, 0) is 42.5 Å². The van der Waals surface area contributed by atoms with Gasteiger partial charge in [0.2, 0.25) is 0 Å². The first kappa shape index (κ1) is 14.3. The lowest BCUT2D eigenvalue weighted by Gasteiger charge is -2.05. The van der Waals surface area contributed by atoms with E-state index in [9.17, 15) is 9.18 Å². The van der Waals surface area contributed by atoms with Crippen LogP contribution in [-0.2, 0) is 0 Å². The van der Waals surface area contributed by atoms with Crippen molar-refractivity contribution in [1.29, 1.82) is 0 Å². The first-order chi connectivity index (χ1) is 10.6. The summed E-state index contributed by atoms with van der Waals surface area (Å²) in [5.74, 6) is -0.693. The summed E-state index contributed by atoms with van der Waals surface area (Å²) in [5.41, 5.74) is 1.42. The van der Waals surface area contributed by atoms with Crippen LogP contribution in [0.3, 0.4) is 0 Å². The highest BCUT2D eigenvalue weighted by atomic mass is 35.5. The Balaban J connectivity index is 1.80. The lowest BCUT2D eigenvalue weighted by molar-refractivity contribution is 0.102. The number of rotatable bonds is 3. The molecule has 0 spiro atoms. The highest BCUT2D eigenvalue weighted by Gasteiger charge is 2.12. The van der Waals surface area contributed by atoms with Crippen LogP contribution in [0.2, 0.25) is 5.02 Å². The number of carbonyl (C=O) groups is 1.